The molecule has 2 aromatic carbocycles. The number of imide groups is 1. The van der Waals surface area contributed by atoms with Crippen molar-refractivity contribution in [1.82, 2.24) is 19.9 Å². The lowest BCUT2D eigenvalue weighted by atomic mass is 10.2. The monoisotopic (exact) mass is 451 g/mol. The number of nitro groups is 1. The van der Waals surface area contributed by atoms with Crippen LogP contribution in [-0.4, -0.2) is 42.8 Å². The van der Waals surface area contributed by atoms with Gasteiger partial charge in [0.15, 0.2) is 11.5 Å². The van der Waals surface area contributed by atoms with Crippen LogP contribution in [0, 0.1) is 10.1 Å². The molecule has 160 valence electrons. The molecule has 0 bridgehead atoms. The van der Waals surface area contributed by atoms with Crippen molar-refractivity contribution in [3.8, 4) is 17.2 Å². The normalized spacial score (nSPS) is 16.2. The van der Waals surface area contributed by atoms with Gasteiger partial charge in [-0.15, -0.1) is 5.10 Å². The van der Waals surface area contributed by atoms with Gasteiger partial charge in [-0.2, -0.15) is 0 Å². The molecule has 3 heterocycles. The first-order chi connectivity index (χ1) is 15.5. The van der Waals surface area contributed by atoms with Gasteiger partial charge in [-0.3, -0.25) is 24.6 Å². The zero-order chi connectivity index (χ0) is 22.2. The van der Waals surface area contributed by atoms with Crippen molar-refractivity contribution in [2.75, 3.05) is 6.79 Å². The van der Waals surface area contributed by atoms with Gasteiger partial charge in [-0.05, 0) is 41.6 Å². The summed E-state index contributed by atoms with van der Waals surface area (Å²) in [4.78, 5) is 37.3. The fraction of sp³-hybridized carbons (Fsp3) is 0.100. The molecule has 0 unspecified atom stereocenters. The second-order valence-electron chi connectivity index (χ2n) is 6.78. The molecule has 2 amide bonds. The Morgan fingerprint density at radius 2 is 1.97 bits per heavy atom. The predicted octanol–water partition coefficient (Wildman–Crippen LogP) is 3.14. The number of benzene rings is 2. The molecule has 0 spiro atoms. The van der Waals surface area contributed by atoms with Crippen molar-refractivity contribution >= 4 is 34.7 Å². The summed E-state index contributed by atoms with van der Waals surface area (Å²) >= 11 is 0.821. The van der Waals surface area contributed by atoms with Gasteiger partial charge < -0.3 is 9.47 Å². The van der Waals surface area contributed by atoms with Gasteiger partial charge in [-0.1, -0.05) is 23.4 Å². The highest BCUT2D eigenvalue weighted by molar-refractivity contribution is 8.18. The molecule has 5 rings (SSSR count). The fourth-order valence-corrected chi connectivity index (χ4v) is 4.09. The third kappa shape index (κ3) is 3.56. The van der Waals surface area contributed by atoms with E-state index in [2.05, 4.69) is 10.3 Å². The minimum Gasteiger partial charge on any atom is -0.454 e. The maximum atomic E-state index is 12.8. The molecule has 12 heteroatoms. The largest absolute Gasteiger partial charge is 0.454 e. The molecule has 1 aromatic heterocycles. The highest BCUT2D eigenvalue weighted by atomic mass is 32.2. The summed E-state index contributed by atoms with van der Waals surface area (Å²) in [6.07, 6.45) is 3.06. The molecule has 0 aliphatic carbocycles. The van der Waals surface area contributed by atoms with Crippen LogP contribution in [0.2, 0.25) is 0 Å². The van der Waals surface area contributed by atoms with E-state index in [0.29, 0.717) is 22.8 Å². The van der Waals surface area contributed by atoms with Gasteiger partial charge in [0.1, 0.15) is 11.4 Å². The average molecular weight is 451 g/mol. The molecule has 3 aromatic rings. The van der Waals surface area contributed by atoms with E-state index in [4.69, 9.17) is 9.47 Å². The zero-order valence-electron chi connectivity index (χ0n) is 16.2. The van der Waals surface area contributed by atoms with Crippen molar-refractivity contribution < 1.29 is 24.0 Å². The molecule has 0 N–H and O–H groups in total. The molecule has 2 aliphatic rings. The number of amides is 2. The van der Waals surface area contributed by atoms with Crippen LogP contribution in [0.1, 0.15) is 11.3 Å². The molecule has 32 heavy (non-hydrogen) atoms. The van der Waals surface area contributed by atoms with Crippen LogP contribution in [0.3, 0.4) is 0 Å². The number of ether oxygens (including phenoxy) is 2. The number of hydrogen-bond donors (Lipinski definition) is 0. The minimum absolute atomic E-state index is 0.107. The van der Waals surface area contributed by atoms with Crippen molar-refractivity contribution in [2.24, 2.45) is 0 Å². The van der Waals surface area contributed by atoms with Crippen molar-refractivity contribution in [1.29, 1.82) is 0 Å². The first kappa shape index (κ1) is 19.8. The number of carbonyl (C=O) groups excluding carboxylic acids is 2. The van der Waals surface area contributed by atoms with Gasteiger partial charge in [0.2, 0.25) is 6.79 Å². The summed E-state index contributed by atoms with van der Waals surface area (Å²) in [5.74, 6) is 0.736. The molecule has 1 saturated heterocycles. The quantitative estimate of drug-likeness (QED) is 0.326. The van der Waals surface area contributed by atoms with Crippen LogP contribution in [0.4, 0.5) is 10.5 Å². The Morgan fingerprint density at radius 1 is 1.16 bits per heavy atom. The summed E-state index contributed by atoms with van der Waals surface area (Å²) < 4.78 is 11.8. The summed E-state index contributed by atoms with van der Waals surface area (Å²) in [7, 11) is 0. The van der Waals surface area contributed by atoms with E-state index in [1.54, 1.807) is 36.4 Å². The zero-order valence-corrected chi connectivity index (χ0v) is 17.0. The molecule has 0 saturated carbocycles. The van der Waals surface area contributed by atoms with E-state index in [9.17, 15) is 19.7 Å². The Kier molecular flexibility index (Phi) is 4.82. The van der Waals surface area contributed by atoms with Crippen LogP contribution in [0.15, 0.2) is 53.6 Å². The number of aromatic nitrogens is 3. The Labute approximate surface area is 184 Å². The summed E-state index contributed by atoms with van der Waals surface area (Å²) in [5.41, 5.74) is 1.10. The van der Waals surface area contributed by atoms with Crippen molar-refractivity contribution in [3.05, 3.63) is 74.9 Å². The van der Waals surface area contributed by atoms with Crippen LogP contribution in [0.25, 0.3) is 11.8 Å². The standard InChI is InChI=1S/C20H13N5O6S/c26-19-18(8-12-5-6-16-17(7-12)31-11-30-16)32-20(27)23(19)9-13-10-24(22-21-13)14-3-1-2-4-15(14)25(28)29/h1-8,10H,9,11H2/b18-8-. The number of hydrogen-bond acceptors (Lipinski definition) is 9. The first-order valence-corrected chi connectivity index (χ1v) is 10.1. The SMILES string of the molecule is O=C1S/C(=C\c2ccc3c(c2)OCO3)C(=O)N1Cc1cn(-c2ccccc2[N+](=O)[O-])nn1. The molecule has 0 radical (unpaired) electrons. The number of thioether (sulfide) groups is 1. The van der Waals surface area contributed by atoms with E-state index >= 15 is 0 Å². The minimum atomic E-state index is -0.520. The number of para-hydroxylation sites is 2. The number of nitrogens with zero attached hydrogens (tertiary/aromatic N) is 5. The topological polar surface area (TPSA) is 130 Å². The summed E-state index contributed by atoms with van der Waals surface area (Å²) in [6, 6.07) is 11.3. The van der Waals surface area contributed by atoms with E-state index in [1.165, 1.54) is 23.0 Å². The lowest BCUT2D eigenvalue weighted by molar-refractivity contribution is -0.384. The second-order valence-corrected chi connectivity index (χ2v) is 7.77. The van der Waals surface area contributed by atoms with E-state index in [0.717, 1.165) is 16.7 Å². The highest BCUT2D eigenvalue weighted by Gasteiger charge is 2.35. The van der Waals surface area contributed by atoms with Crippen molar-refractivity contribution in [3.63, 3.8) is 0 Å². The number of carbonyl (C=O) groups is 2. The summed E-state index contributed by atoms with van der Waals surface area (Å²) in [6.45, 7) is 0.0336. The maximum Gasteiger partial charge on any atom is 0.294 e. The van der Waals surface area contributed by atoms with Gasteiger partial charge >= 0.3 is 0 Å². The predicted molar refractivity (Wildman–Crippen MR) is 112 cm³/mol. The van der Waals surface area contributed by atoms with Gasteiger partial charge in [-0.25, -0.2) is 4.68 Å². The third-order valence-corrected chi connectivity index (χ3v) is 5.66. The Hall–Kier alpha value is -4.19. The van der Waals surface area contributed by atoms with Crippen LogP contribution in [0.5, 0.6) is 11.5 Å². The van der Waals surface area contributed by atoms with Gasteiger partial charge in [0, 0.05) is 6.07 Å². The number of fused-ring (bicyclic) bond motifs is 1. The van der Waals surface area contributed by atoms with Crippen LogP contribution < -0.4 is 9.47 Å². The second kappa shape index (κ2) is 7.81. The van der Waals surface area contributed by atoms with E-state index in [1.807, 2.05) is 0 Å². The average Bonchev–Trinajstić information content (AvgIpc) is 3.50. The van der Waals surface area contributed by atoms with Crippen LogP contribution in [-0.2, 0) is 11.3 Å². The molecular weight excluding hydrogens is 438 g/mol. The number of nitro benzene ring substituents is 1. The third-order valence-electron chi connectivity index (χ3n) is 4.75. The Balaban J connectivity index is 1.35. The smallest absolute Gasteiger partial charge is 0.294 e. The van der Waals surface area contributed by atoms with E-state index in [-0.39, 0.29) is 29.6 Å². The molecule has 11 nitrogen and oxygen atoms in total. The fourth-order valence-electron chi connectivity index (χ4n) is 3.25. The van der Waals surface area contributed by atoms with Gasteiger partial charge in [0.05, 0.1) is 22.6 Å². The molecule has 2 aliphatic heterocycles. The van der Waals surface area contributed by atoms with Crippen LogP contribution >= 0.6 is 11.8 Å². The summed E-state index contributed by atoms with van der Waals surface area (Å²) in [5, 5.41) is 18.7. The molecule has 0 atom stereocenters. The molecule has 1 fully saturated rings. The Bertz CT molecular complexity index is 1300. The Morgan fingerprint density at radius 3 is 2.81 bits per heavy atom. The van der Waals surface area contributed by atoms with E-state index < -0.39 is 16.1 Å². The van der Waals surface area contributed by atoms with Gasteiger partial charge in [0.25, 0.3) is 16.8 Å². The lowest BCUT2D eigenvalue weighted by Crippen LogP contribution is -2.27. The first-order valence-electron chi connectivity index (χ1n) is 9.29. The highest BCUT2D eigenvalue weighted by Crippen LogP contribution is 2.36. The maximum absolute atomic E-state index is 12.8. The van der Waals surface area contributed by atoms with Crippen molar-refractivity contribution in [2.45, 2.75) is 6.54 Å². The lowest BCUT2D eigenvalue weighted by Gasteiger charge is -2.09. The number of rotatable bonds is 5. The molecular formula is C20H13N5O6S.